The second-order valence-electron chi connectivity index (χ2n) is 19.7. The molecular formula is C57H111NO5. The molecule has 3 atom stereocenters. The molecule has 0 bridgehead atoms. The Morgan fingerprint density at radius 1 is 0.444 bits per heavy atom. The normalized spacial score (nSPS) is 13.2. The van der Waals surface area contributed by atoms with E-state index in [4.69, 9.17) is 4.74 Å². The first-order valence-corrected chi connectivity index (χ1v) is 28.4. The molecule has 6 heteroatoms. The van der Waals surface area contributed by atoms with Crippen LogP contribution in [0, 0.1) is 0 Å². The van der Waals surface area contributed by atoms with E-state index in [2.05, 4.69) is 38.2 Å². The van der Waals surface area contributed by atoms with Gasteiger partial charge in [0.25, 0.3) is 0 Å². The first-order valence-electron chi connectivity index (χ1n) is 28.4. The van der Waals surface area contributed by atoms with Crippen molar-refractivity contribution in [3.8, 4) is 0 Å². The van der Waals surface area contributed by atoms with Crippen LogP contribution in [0.4, 0.5) is 0 Å². The smallest absolute Gasteiger partial charge is 0.306 e. The molecule has 0 aliphatic rings. The highest BCUT2D eigenvalue weighted by atomic mass is 16.5. The van der Waals surface area contributed by atoms with Gasteiger partial charge in [0.15, 0.2) is 0 Å². The van der Waals surface area contributed by atoms with Crippen molar-refractivity contribution in [2.75, 3.05) is 6.61 Å². The van der Waals surface area contributed by atoms with Crippen LogP contribution >= 0.6 is 0 Å². The van der Waals surface area contributed by atoms with Crippen LogP contribution < -0.4 is 5.32 Å². The van der Waals surface area contributed by atoms with Crippen molar-refractivity contribution in [1.29, 1.82) is 0 Å². The molecule has 0 aromatic carbocycles. The van der Waals surface area contributed by atoms with Gasteiger partial charge in [-0.3, -0.25) is 9.59 Å². The Hall–Kier alpha value is -1.40. The molecule has 0 saturated carbocycles. The summed E-state index contributed by atoms with van der Waals surface area (Å²) in [6.45, 7) is 6.52. The Kier molecular flexibility index (Phi) is 50.4. The lowest BCUT2D eigenvalue weighted by Gasteiger charge is -2.24. The fourth-order valence-electron chi connectivity index (χ4n) is 9.02. The number of rotatable bonds is 52. The van der Waals surface area contributed by atoms with Gasteiger partial charge < -0.3 is 20.3 Å². The fourth-order valence-corrected chi connectivity index (χ4v) is 9.02. The van der Waals surface area contributed by atoms with E-state index in [0.29, 0.717) is 19.3 Å². The minimum Gasteiger partial charge on any atom is -0.462 e. The molecule has 63 heavy (non-hydrogen) atoms. The molecule has 3 unspecified atom stereocenters. The third-order valence-electron chi connectivity index (χ3n) is 13.3. The summed E-state index contributed by atoms with van der Waals surface area (Å²) in [7, 11) is 0. The Morgan fingerprint density at radius 3 is 1.13 bits per heavy atom. The molecule has 0 heterocycles. The number of nitrogens with one attached hydrogen (secondary N) is 1. The number of esters is 1. The van der Waals surface area contributed by atoms with Gasteiger partial charge >= 0.3 is 5.97 Å². The van der Waals surface area contributed by atoms with Gasteiger partial charge in [0.2, 0.25) is 5.91 Å². The standard InChI is InChI=1S/C57H111NO5/c1-4-7-10-13-16-19-22-25-28-30-33-36-39-42-45-48-53(63-57(62)50-47-44-41-38-35-32-29-26-23-20-17-14-11-8-5-2)51-56(61)58-54(52-59)55(60)49-46-43-40-37-34-31-27-24-21-18-15-12-9-6-3/h25,28,53-55,59-60H,4-24,26-27,29-52H2,1-3H3,(H,58,61)/b28-25+. The molecule has 1 amide bonds. The first kappa shape index (κ1) is 61.6. The SMILES string of the molecule is CCCCCCCC/C=C/CCCCCCCC(CC(=O)NC(CO)C(O)CCCCCCCCCCCCCCCC)OC(=O)CCCCCCCCCCCCCCCCC. The maximum absolute atomic E-state index is 13.2. The summed E-state index contributed by atoms with van der Waals surface area (Å²) in [6.07, 6.45) is 58.4. The van der Waals surface area contributed by atoms with Crippen LogP contribution in [0.3, 0.4) is 0 Å². The number of carbonyl (C=O) groups is 2. The zero-order valence-corrected chi connectivity index (χ0v) is 42.7. The van der Waals surface area contributed by atoms with Crippen LogP contribution in [0.2, 0.25) is 0 Å². The average molecular weight is 891 g/mol. The Morgan fingerprint density at radius 2 is 0.762 bits per heavy atom. The van der Waals surface area contributed by atoms with Crippen LogP contribution in [0.15, 0.2) is 12.2 Å². The lowest BCUT2D eigenvalue weighted by molar-refractivity contribution is -0.151. The molecule has 3 N–H and O–H groups in total. The second kappa shape index (κ2) is 51.6. The average Bonchev–Trinajstić information content (AvgIpc) is 3.28. The Labute approximate surface area is 393 Å². The largest absolute Gasteiger partial charge is 0.462 e. The van der Waals surface area contributed by atoms with Crippen molar-refractivity contribution < 1.29 is 24.5 Å². The van der Waals surface area contributed by atoms with Crippen molar-refractivity contribution in [3.05, 3.63) is 12.2 Å². The molecule has 6 nitrogen and oxygen atoms in total. The van der Waals surface area contributed by atoms with E-state index in [1.807, 2.05) is 0 Å². The van der Waals surface area contributed by atoms with Crippen molar-refractivity contribution in [2.45, 2.75) is 334 Å². The van der Waals surface area contributed by atoms with Crippen LogP contribution in [-0.4, -0.2) is 46.9 Å². The van der Waals surface area contributed by atoms with Crippen LogP contribution in [0.1, 0.15) is 316 Å². The van der Waals surface area contributed by atoms with E-state index in [0.717, 1.165) is 57.8 Å². The molecule has 0 spiro atoms. The summed E-state index contributed by atoms with van der Waals surface area (Å²) < 4.78 is 5.96. The van der Waals surface area contributed by atoms with E-state index in [1.54, 1.807) is 0 Å². The Bertz CT molecular complexity index is 955. The monoisotopic (exact) mass is 890 g/mol. The molecule has 374 valence electrons. The number of aliphatic hydroxyl groups is 2. The third-order valence-corrected chi connectivity index (χ3v) is 13.3. The molecule has 0 radical (unpaired) electrons. The first-order chi connectivity index (χ1) is 31.0. The van der Waals surface area contributed by atoms with Gasteiger partial charge in [0.1, 0.15) is 6.10 Å². The summed E-state index contributed by atoms with van der Waals surface area (Å²) in [5, 5.41) is 23.9. The molecule has 0 saturated heterocycles. The molecule has 0 aliphatic carbocycles. The van der Waals surface area contributed by atoms with Gasteiger partial charge in [0.05, 0.1) is 25.2 Å². The maximum atomic E-state index is 13.2. The topological polar surface area (TPSA) is 95.9 Å². The van der Waals surface area contributed by atoms with Gasteiger partial charge in [-0.2, -0.15) is 0 Å². The summed E-state index contributed by atoms with van der Waals surface area (Å²) in [4.78, 5) is 26.2. The fraction of sp³-hybridized carbons (Fsp3) is 0.930. The van der Waals surface area contributed by atoms with E-state index in [1.165, 1.54) is 212 Å². The highest BCUT2D eigenvalue weighted by Crippen LogP contribution is 2.19. The summed E-state index contributed by atoms with van der Waals surface area (Å²) >= 11 is 0. The van der Waals surface area contributed by atoms with Crippen LogP contribution in [0.5, 0.6) is 0 Å². The molecule has 0 aromatic heterocycles. The minimum atomic E-state index is -0.784. The second-order valence-corrected chi connectivity index (χ2v) is 19.7. The van der Waals surface area contributed by atoms with E-state index in [9.17, 15) is 19.8 Å². The number of amides is 1. The van der Waals surface area contributed by atoms with Crippen LogP contribution in [0.25, 0.3) is 0 Å². The lowest BCUT2D eigenvalue weighted by atomic mass is 10.0. The van der Waals surface area contributed by atoms with E-state index in [-0.39, 0.29) is 24.9 Å². The van der Waals surface area contributed by atoms with Crippen LogP contribution in [-0.2, 0) is 14.3 Å². The number of hydrogen-bond acceptors (Lipinski definition) is 5. The van der Waals surface area contributed by atoms with Crippen molar-refractivity contribution >= 4 is 11.9 Å². The number of unbranched alkanes of at least 4 members (excludes halogenated alkanes) is 38. The third kappa shape index (κ3) is 46.9. The predicted octanol–water partition coefficient (Wildman–Crippen LogP) is 17.3. The van der Waals surface area contributed by atoms with E-state index < -0.39 is 18.2 Å². The number of aliphatic hydroxyl groups excluding tert-OH is 2. The van der Waals surface area contributed by atoms with Gasteiger partial charge in [-0.1, -0.05) is 264 Å². The predicted molar refractivity (Wildman–Crippen MR) is 273 cm³/mol. The summed E-state index contributed by atoms with van der Waals surface area (Å²) in [5.41, 5.74) is 0. The quantitative estimate of drug-likeness (QED) is 0.0321. The Balaban J connectivity index is 4.53. The zero-order chi connectivity index (χ0) is 45.9. The molecule has 0 aromatic rings. The molecular weight excluding hydrogens is 779 g/mol. The van der Waals surface area contributed by atoms with Gasteiger partial charge in [0, 0.05) is 6.42 Å². The maximum Gasteiger partial charge on any atom is 0.306 e. The highest BCUT2D eigenvalue weighted by molar-refractivity contribution is 5.77. The van der Waals surface area contributed by atoms with Crippen molar-refractivity contribution in [2.24, 2.45) is 0 Å². The number of hydrogen-bond donors (Lipinski definition) is 3. The lowest BCUT2D eigenvalue weighted by Crippen LogP contribution is -2.46. The van der Waals surface area contributed by atoms with Gasteiger partial charge in [-0.25, -0.2) is 0 Å². The summed E-state index contributed by atoms with van der Waals surface area (Å²) in [5.74, 6) is -0.460. The summed E-state index contributed by atoms with van der Waals surface area (Å²) in [6, 6.07) is -0.698. The molecule has 0 aliphatic heterocycles. The van der Waals surface area contributed by atoms with Crippen molar-refractivity contribution in [1.82, 2.24) is 5.32 Å². The van der Waals surface area contributed by atoms with Gasteiger partial charge in [-0.15, -0.1) is 0 Å². The van der Waals surface area contributed by atoms with Crippen molar-refractivity contribution in [3.63, 3.8) is 0 Å². The highest BCUT2D eigenvalue weighted by Gasteiger charge is 2.24. The molecule has 0 rings (SSSR count). The van der Waals surface area contributed by atoms with E-state index >= 15 is 0 Å². The number of allylic oxidation sites excluding steroid dienone is 2. The minimum absolute atomic E-state index is 0.0794. The van der Waals surface area contributed by atoms with Gasteiger partial charge in [-0.05, 0) is 51.4 Å². The zero-order valence-electron chi connectivity index (χ0n) is 42.7. The number of ether oxygens (including phenoxy) is 1. The number of carbonyl (C=O) groups excluding carboxylic acids is 2. The molecule has 0 fully saturated rings.